The number of ether oxygens (including phenoxy) is 1. The number of allylic oxidation sites excluding steroid dienone is 2. The predicted octanol–water partition coefficient (Wildman–Crippen LogP) is 2.57. The van der Waals surface area contributed by atoms with Gasteiger partial charge in [-0.05, 0) is 42.6 Å². The molecule has 164 valence electrons. The fraction of sp³-hybridized carbons (Fsp3) is 0.619. The van der Waals surface area contributed by atoms with Crippen LogP contribution in [0.5, 0.6) is 0 Å². The van der Waals surface area contributed by atoms with Crippen LogP contribution in [0.2, 0.25) is 0 Å². The molecule has 9 heteroatoms. The van der Waals surface area contributed by atoms with E-state index in [1.54, 1.807) is 0 Å². The lowest BCUT2D eigenvalue weighted by Gasteiger charge is -2.31. The summed E-state index contributed by atoms with van der Waals surface area (Å²) < 4.78 is 33.3. The van der Waals surface area contributed by atoms with Crippen LogP contribution in [0, 0.1) is 23.7 Å². The van der Waals surface area contributed by atoms with Crippen molar-refractivity contribution in [2.24, 2.45) is 23.7 Å². The van der Waals surface area contributed by atoms with E-state index in [1.165, 1.54) is 7.11 Å². The van der Waals surface area contributed by atoms with Crippen LogP contribution in [0.25, 0.3) is 0 Å². The van der Waals surface area contributed by atoms with Crippen molar-refractivity contribution in [2.75, 3.05) is 20.2 Å². The Morgan fingerprint density at radius 2 is 2.07 bits per heavy atom. The molecule has 1 fully saturated rings. The molecule has 3 aliphatic rings. The second-order valence-electron chi connectivity index (χ2n) is 8.80. The Morgan fingerprint density at radius 1 is 1.30 bits per heavy atom. The number of carbonyl (C=O) groups is 2. The van der Waals surface area contributed by atoms with E-state index in [-0.39, 0.29) is 34.1 Å². The minimum Gasteiger partial charge on any atom is -0.465 e. The van der Waals surface area contributed by atoms with Crippen LogP contribution in [0.4, 0.5) is 0 Å². The standard InChI is InChI=1S/C21H28N2O5S2/c1-12(2)10-22-30(26,27)21-18(20(25)28-3)15-6-7-23(11-17(15)29-21)19(24)16-9-13-4-5-14(16)8-13/h4-5,12-14,16,22H,6-11H2,1-3H3/t13-,14+,16+/m1/s1. The summed E-state index contributed by atoms with van der Waals surface area (Å²) in [4.78, 5) is 28.2. The molecule has 3 atom stereocenters. The summed E-state index contributed by atoms with van der Waals surface area (Å²) in [6, 6.07) is 0. The Kier molecular flexibility index (Phi) is 5.80. The molecule has 1 saturated carbocycles. The van der Waals surface area contributed by atoms with Gasteiger partial charge in [0.25, 0.3) is 10.0 Å². The lowest BCUT2D eigenvalue weighted by molar-refractivity contribution is -0.137. The second-order valence-corrected chi connectivity index (χ2v) is 11.9. The minimum absolute atomic E-state index is 0.00263. The van der Waals surface area contributed by atoms with Crippen LogP contribution in [0.3, 0.4) is 0 Å². The van der Waals surface area contributed by atoms with E-state index in [0.717, 1.165) is 29.1 Å². The van der Waals surface area contributed by atoms with Crippen molar-refractivity contribution in [3.05, 3.63) is 28.2 Å². The summed E-state index contributed by atoms with van der Waals surface area (Å²) in [6.07, 6.45) is 6.80. The average molecular weight is 453 g/mol. The summed E-state index contributed by atoms with van der Waals surface area (Å²) in [7, 11) is -2.58. The summed E-state index contributed by atoms with van der Waals surface area (Å²) in [5, 5.41) is 0. The molecule has 2 bridgehead atoms. The van der Waals surface area contributed by atoms with Gasteiger partial charge < -0.3 is 9.64 Å². The van der Waals surface area contributed by atoms with Crippen LogP contribution in [0.1, 0.15) is 47.5 Å². The fourth-order valence-electron chi connectivity index (χ4n) is 4.71. The van der Waals surface area contributed by atoms with E-state index >= 15 is 0 Å². The number of thiophene rings is 1. The van der Waals surface area contributed by atoms with Gasteiger partial charge in [0.15, 0.2) is 0 Å². The number of fused-ring (bicyclic) bond motifs is 3. The van der Waals surface area contributed by atoms with Gasteiger partial charge in [-0.1, -0.05) is 26.0 Å². The molecule has 1 aromatic heterocycles. The smallest absolute Gasteiger partial charge is 0.340 e. The molecule has 1 amide bonds. The van der Waals surface area contributed by atoms with E-state index < -0.39 is 16.0 Å². The van der Waals surface area contributed by atoms with Crippen molar-refractivity contribution in [3.8, 4) is 0 Å². The number of esters is 1. The van der Waals surface area contributed by atoms with E-state index in [1.807, 2.05) is 18.7 Å². The first-order valence-electron chi connectivity index (χ1n) is 10.4. The molecule has 30 heavy (non-hydrogen) atoms. The number of nitrogens with one attached hydrogen (secondary N) is 1. The van der Waals surface area contributed by atoms with Gasteiger partial charge in [-0.3, -0.25) is 4.79 Å². The van der Waals surface area contributed by atoms with Gasteiger partial charge in [0.1, 0.15) is 4.21 Å². The lowest BCUT2D eigenvalue weighted by Crippen LogP contribution is -2.40. The fourth-order valence-corrected chi connectivity index (χ4v) is 7.86. The first kappa shape index (κ1) is 21.5. The quantitative estimate of drug-likeness (QED) is 0.529. The highest BCUT2D eigenvalue weighted by molar-refractivity contribution is 7.91. The minimum atomic E-state index is -3.84. The van der Waals surface area contributed by atoms with Crippen molar-refractivity contribution < 1.29 is 22.7 Å². The van der Waals surface area contributed by atoms with Gasteiger partial charge in [-0.25, -0.2) is 17.9 Å². The molecule has 0 aromatic carbocycles. The zero-order chi connectivity index (χ0) is 21.6. The molecular formula is C21H28N2O5S2. The predicted molar refractivity (Wildman–Crippen MR) is 114 cm³/mol. The van der Waals surface area contributed by atoms with Crippen LogP contribution in [-0.4, -0.2) is 45.4 Å². The van der Waals surface area contributed by atoms with Gasteiger partial charge in [0.2, 0.25) is 5.91 Å². The van der Waals surface area contributed by atoms with Crippen LogP contribution in [0.15, 0.2) is 16.4 Å². The molecule has 0 unspecified atom stereocenters. The molecule has 0 saturated heterocycles. The zero-order valence-corrected chi connectivity index (χ0v) is 19.1. The van der Waals surface area contributed by atoms with Gasteiger partial charge in [-0.15, -0.1) is 11.3 Å². The van der Waals surface area contributed by atoms with Crippen molar-refractivity contribution in [3.63, 3.8) is 0 Å². The maximum Gasteiger partial charge on any atom is 0.340 e. The van der Waals surface area contributed by atoms with Crippen molar-refractivity contribution >= 4 is 33.2 Å². The molecular weight excluding hydrogens is 424 g/mol. The number of hydrogen-bond donors (Lipinski definition) is 1. The van der Waals surface area contributed by atoms with E-state index in [9.17, 15) is 18.0 Å². The van der Waals surface area contributed by atoms with Gasteiger partial charge in [0.05, 0.1) is 19.2 Å². The number of methoxy groups -OCH3 is 1. The Balaban J connectivity index is 1.61. The molecule has 1 N–H and O–H groups in total. The Bertz CT molecular complexity index is 995. The maximum atomic E-state index is 13.1. The summed E-state index contributed by atoms with van der Waals surface area (Å²) in [6.45, 7) is 4.95. The van der Waals surface area contributed by atoms with E-state index in [4.69, 9.17) is 4.74 Å². The summed E-state index contributed by atoms with van der Waals surface area (Å²) in [5.74, 6) is 0.510. The molecule has 4 rings (SSSR count). The van der Waals surface area contributed by atoms with Crippen LogP contribution < -0.4 is 4.72 Å². The number of hydrogen-bond acceptors (Lipinski definition) is 6. The Hall–Kier alpha value is -1.71. The molecule has 1 aliphatic heterocycles. The second kappa shape index (κ2) is 8.09. The number of rotatable bonds is 6. The van der Waals surface area contributed by atoms with Crippen LogP contribution in [-0.2, 0) is 32.5 Å². The van der Waals surface area contributed by atoms with Crippen LogP contribution >= 0.6 is 11.3 Å². The SMILES string of the molecule is COC(=O)c1c(S(=O)(=O)NCC(C)C)sc2c1CCN(C(=O)[C@H]1C[C@@H]3C=C[C@H]1C3)C2. The first-order valence-corrected chi connectivity index (χ1v) is 12.7. The highest BCUT2D eigenvalue weighted by Gasteiger charge is 2.43. The monoisotopic (exact) mass is 452 g/mol. The number of nitrogens with zero attached hydrogens (tertiary/aromatic N) is 1. The zero-order valence-electron chi connectivity index (χ0n) is 17.5. The van der Waals surface area contributed by atoms with Crippen molar-refractivity contribution in [1.29, 1.82) is 0 Å². The van der Waals surface area contributed by atoms with Crippen molar-refractivity contribution in [2.45, 2.75) is 43.9 Å². The Labute approximate surface area is 181 Å². The largest absolute Gasteiger partial charge is 0.465 e. The third kappa shape index (κ3) is 3.83. The highest BCUT2D eigenvalue weighted by atomic mass is 32.2. The molecule has 2 heterocycles. The van der Waals surface area contributed by atoms with Crippen molar-refractivity contribution in [1.82, 2.24) is 9.62 Å². The third-order valence-electron chi connectivity index (χ3n) is 6.25. The third-order valence-corrected chi connectivity index (χ3v) is 9.41. The topological polar surface area (TPSA) is 92.8 Å². The highest BCUT2D eigenvalue weighted by Crippen LogP contribution is 2.45. The number of carbonyl (C=O) groups excluding carboxylic acids is 2. The number of amides is 1. The lowest BCUT2D eigenvalue weighted by atomic mass is 9.91. The van der Waals surface area contributed by atoms with E-state index in [2.05, 4.69) is 16.9 Å². The molecule has 0 spiro atoms. The average Bonchev–Trinajstić information content (AvgIpc) is 3.44. The molecule has 0 radical (unpaired) electrons. The molecule has 2 aliphatic carbocycles. The van der Waals surface area contributed by atoms with Gasteiger partial charge in [0, 0.05) is 23.9 Å². The first-order chi connectivity index (χ1) is 14.2. The molecule has 1 aromatic rings. The normalized spacial score (nSPS) is 25.1. The number of sulfonamides is 1. The van der Waals surface area contributed by atoms with E-state index in [0.29, 0.717) is 36.9 Å². The van der Waals surface area contributed by atoms with Gasteiger partial charge in [-0.2, -0.15) is 0 Å². The summed E-state index contributed by atoms with van der Waals surface area (Å²) in [5.41, 5.74) is 0.831. The summed E-state index contributed by atoms with van der Waals surface area (Å²) >= 11 is 1.08. The molecule has 7 nitrogen and oxygen atoms in total. The maximum absolute atomic E-state index is 13.1. The van der Waals surface area contributed by atoms with Gasteiger partial charge >= 0.3 is 5.97 Å². The Morgan fingerprint density at radius 3 is 2.67 bits per heavy atom.